The fourth-order valence-corrected chi connectivity index (χ4v) is 0.844. The summed E-state index contributed by atoms with van der Waals surface area (Å²) in [6.07, 6.45) is 8.09. The Morgan fingerprint density at radius 1 is 1.10 bits per heavy atom. The molecule has 1 radical (unpaired) electrons. The molecular formula is C7H6BrIZn-. The summed E-state index contributed by atoms with van der Waals surface area (Å²) in [5.41, 5.74) is 1.07. The third-order valence-electron chi connectivity index (χ3n) is 0.913. The number of allylic oxidation sites excluding steroid dienone is 5. The Morgan fingerprint density at radius 3 is 1.80 bits per heavy atom. The molecule has 0 amide bonds. The van der Waals surface area contributed by atoms with E-state index >= 15 is 0 Å². The van der Waals surface area contributed by atoms with Crippen LogP contribution in [0.3, 0.4) is 0 Å². The second-order valence-corrected chi connectivity index (χ2v) is 2.87. The number of hydrogen-bond donors (Lipinski definition) is 0. The fraction of sp³-hybridized carbons (Fsp3) is 0. The van der Waals surface area contributed by atoms with Gasteiger partial charge in [-0.15, -0.1) is 0 Å². The first-order chi connectivity index (χ1) is 3.79. The Labute approximate surface area is 98.5 Å². The fourth-order valence-electron chi connectivity index (χ4n) is 0.484. The minimum absolute atomic E-state index is 0. The molecule has 0 aromatic rings. The van der Waals surface area contributed by atoms with Gasteiger partial charge in [0.15, 0.2) is 0 Å². The van der Waals surface area contributed by atoms with Gasteiger partial charge in [0.1, 0.15) is 0 Å². The first-order valence-corrected chi connectivity index (χ1v) is 3.44. The summed E-state index contributed by atoms with van der Waals surface area (Å²) < 4.78 is 1.26. The van der Waals surface area contributed by atoms with Crippen LogP contribution in [0.1, 0.15) is 0 Å². The zero-order valence-corrected chi connectivity index (χ0v) is 12.2. The Balaban J connectivity index is 0. The van der Waals surface area contributed by atoms with Crippen molar-refractivity contribution in [3.05, 3.63) is 40.4 Å². The molecule has 3 heteroatoms. The van der Waals surface area contributed by atoms with Gasteiger partial charge in [0.05, 0.1) is 3.92 Å². The number of rotatable bonds is 0. The maximum atomic E-state index is 3.76. The summed E-state index contributed by atoms with van der Waals surface area (Å²) in [5.74, 6) is 0. The van der Waals surface area contributed by atoms with Crippen molar-refractivity contribution in [2.75, 3.05) is 0 Å². The van der Waals surface area contributed by atoms with Crippen LogP contribution >= 0.6 is 22.6 Å². The van der Waals surface area contributed by atoms with Gasteiger partial charge in [-0.1, -0.05) is 53.5 Å². The van der Waals surface area contributed by atoms with Crippen molar-refractivity contribution in [3.8, 4) is 0 Å². The smallest absolute Gasteiger partial charge is 0.0803 e. The molecule has 0 atom stereocenters. The second kappa shape index (κ2) is 6.74. The van der Waals surface area contributed by atoms with Gasteiger partial charge in [-0.3, -0.25) is 0 Å². The average Bonchev–Trinajstić information content (AvgIpc) is 1.77. The van der Waals surface area contributed by atoms with Gasteiger partial charge in [0.25, 0.3) is 0 Å². The van der Waals surface area contributed by atoms with Gasteiger partial charge in [-0.25, -0.2) is 0 Å². The molecule has 1 rings (SSSR count). The topological polar surface area (TPSA) is 0 Å². The van der Waals surface area contributed by atoms with Gasteiger partial charge in [-0.2, -0.15) is 0 Å². The maximum absolute atomic E-state index is 3.76. The van der Waals surface area contributed by atoms with E-state index in [1.165, 1.54) is 3.92 Å². The molecule has 0 nitrogen and oxygen atoms in total. The largest absolute Gasteiger partial charge is 1.00 e. The molecule has 0 aliphatic heterocycles. The van der Waals surface area contributed by atoms with Crippen LogP contribution in [-0.4, -0.2) is 0 Å². The molecule has 0 aromatic carbocycles. The third kappa shape index (κ3) is 4.81. The number of halogens is 2. The van der Waals surface area contributed by atoms with Crippen molar-refractivity contribution in [1.29, 1.82) is 0 Å². The van der Waals surface area contributed by atoms with E-state index in [4.69, 9.17) is 0 Å². The Bertz CT molecular complexity index is 147. The van der Waals surface area contributed by atoms with Crippen molar-refractivity contribution in [1.82, 2.24) is 0 Å². The van der Waals surface area contributed by atoms with E-state index in [1.807, 2.05) is 24.3 Å². The van der Waals surface area contributed by atoms with Crippen LogP contribution in [0, 0.1) is 3.92 Å². The van der Waals surface area contributed by atoms with E-state index < -0.39 is 0 Å². The van der Waals surface area contributed by atoms with Crippen LogP contribution in [0.25, 0.3) is 0 Å². The van der Waals surface area contributed by atoms with Crippen LogP contribution < -0.4 is 17.0 Å². The third-order valence-corrected chi connectivity index (χ3v) is 1.63. The molecule has 0 N–H and O–H groups in total. The summed E-state index contributed by atoms with van der Waals surface area (Å²) in [4.78, 5) is 0. The van der Waals surface area contributed by atoms with E-state index in [-0.39, 0.29) is 36.5 Å². The van der Waals surface area contributed by atoms with Crippen molar-refractivity contribution in [3.63, 3.8) is 0 Å². The minimum atomic E-state index is 0. The molecule has 0 unspecified atom stereocenters. The molecule has 10 heavy (non-hydrogen) atoms. The van der Waals surface area contributed by atoms with E-state index in [2.05, 4.69) is 29.2 Å². The van der Waals surface area contributed by atoms with Crippen LogP contribution in [0.4, 0.5) is 0 Å². The van der Waals surface area contributed by atoms with E-state index in [0.29, 0.717) is 0 Å². The summed E-state index contributed by atoms with van der Waals surface area (Å²) in [5, 5.41) is 0. The zero-order valence-electron chi connectivity index (χ0n) is 5.48. The van der Waals surface area contributed by atoms with Gasteiger partial charge >= 0.3 is 0 Å². The van der Waals surface area contributed by atoms with Crippen LogP contribution in [0.2, 0.25) is 0 Å². The van der Waals surface area contributed by atoms with E-state index in [0.717, 1.165) is 5.57 Å². The predicted octanol–water partition coefficient (Wildman–Crippen LogP) is -0.363. The molecule has 0 heterocycles. The summed E-state index contributed by atoms with van der Waals surface area (Å²) in [6.45, 7) is 3.76. The van der Waals surface area contributed by atoms with Crippen molar-refractivity contribution in [2.45, 2.75) is 0 Å². The standard InChI is InChI=1S/C7H6I.BrH.Zn/c1-6-2-4-7(8)5-3-6;;/h2-5H,1H2;1H;/p-1. The van der Waals surface area contributed by atoms with Gasteiger partial charge in [0.2, 0.25) is 0 Å². The monoisotopic (exact) mass is 360 g/mol. The molecule has 1 aliphatic rings. The zero-order chi connectivity index (χ0) is 5.98. The normalized spacial score (nSPS) is 15.9. The molecule has 0 saturated heterocycles. The average molecular weight is 362 g/mol. The number of hydrogen-bond acceptors (Lipinski definition) is 0. The summed E-state index contributed by atoms with van der Waals surface area (Å²) in [6, 6.07) is 0. The molecule has 0 fully saturated rings. The SMILES string of the molecule is C=C1C=C[C](I)C=C1.[Br-].[Zn]. The second-order valence-electron chi connectivity index (χ2n) is 1.63. The molecule has 0 bridgehead atoms. The quantitative estimate of drug-likeness (QED) is 0.408. The van der Waals surface area contributed by atoms with Crippen LogP contribution in [0.15, 0.2) is 36.5 Å². The minimum Gasteiger partial charge on any atom is -1.00 e. The van der Waals surface area contributed by atoms with Crippen LogP contribution in [0.5, 0.6) is 0 Å². The summed E-state index contributed by atoms with van der Waals surface area (Å²) in [7, 11) is 0. The van der Waals surface area contributed by atoms with Crippen LogP contribution in [-0.2, 0) is 19.5 Å². The molecular weight excluding hydrogens is 356 g/mol. The Hall–Kier alpha value is 1.05. The first-order valence-electron chi connectivity index (χ1n) is 2.36. The van der Waals surface area contributed by atoms with Crippen molar-refractivity contribution in [2.24, 2.45) is 0 Å². The Kier molecular flexibility index (Phi) is 9.19. The van der Waals surface area contributed by atoms with Gasteiger partial charge in [-0.05, 0) is 5.57 Å². The maximum Gasteiger partial charge on any atom is 0.0803 e. The summed E-state index contributed by atoms with van der Waals surface area (Å²) >= 11 is 2.27. The van der Waals surface area contributed by atoms with Gasteiger partial charge in [0, 0.05) is 19.5 Å². The molecule has 51 valence electrons. The first kappa shape index (κ1) is 13.6. The molecule has 1 aliphatic carbocycles. The molecule has 0 saturated carbocycles. The molecule has 0 spiro atoms. The van der Waals surface area contributed by atoms with E-state index in [1.54, 1.807) is 0 Å². The van der Waals surface area contributed by atoms with Crippen molar-refractivity contribution < 1.29 is 36.5 Å². The predicted molar refractivity (Wildman–Crippen MR) is 44.7 cm³/mol. The van der Waals surface area contributed by atoms with E-state index in [9.17, 15) is 0 Å². The Morgan fingerprint density at radius 2 is 1.50 bits per heavy atom. The molecule has 0 aromatic heterocycles. The van der Waals surface area contributed by atoms with Crippen molar-refractivity contribution >= 4 is 22.6 Å². The van der Waals surface area contributed by atoms with Gasteiger partial charge < -0.3 is 17.0 Å².